The number of amides is 1. The Balaban J connectivity index is 1.69. The monoisotopic (exact) mass is 365 g/mol. The molecule has 0 saturated heterocycles. The molecule has 1 aliphatic heterocycles. The minimum absolute atomic E-state index is 0.0929. The molecule has 2 aromatic rings. The largest absolute Gasteiger partial charge is 0.490 e. The van der Waals surface area contributed by atoms with E-state index in [1.54, 1.807) is 6.92 Å². The molecular formula is C22H23NO4. The van der Waals surface area contributed by atoms with Crippen molar-refractivity contribution in [2.45, 2.75) is 26.2 Å². The van der Waals surface area contributed by atoms with Crippen LogP contribution in [0.2, 0.25) is 0 Å². The Morgan fingerprint density at radius 1 is 1.04 bits per heavy atom. The molecule has 2 aromatic carbocycles. The van der Waals surface area contributed by atoms with Crippen LogP contribution in [0.3, 0.4) is 0 Å². The van der Waals surface area contributed by atoms with Gasteiger partial charge >= 0.3 is 5.97 Å². The number of nitrogens with one attached hydrogen (secondary N) is 1. The SMILES string of the molecule is CC1=C(C(=O)OCCOc2ccccc2)[C@@H](c2ccccc2C)CC(=O)N1. The smallest absolute Gasteiger partial charge is 0.336 e. The van der Waals surface area contributed by atoms with Crippen LogP contribution < -0.4 is 10.1 Å². The lowest BCUT2D eigenvalue weighted by Crippen LogP contribution is -2.34. The first kappa shape index (κ1) is 18.7. The number of allylic oxidation sites excluding steroid dienone is 1. The van der Waals surface area contributed by atoms with Gasteiger partial charge in [0.1, 0.15) is 19.0 Å². The van der Waals surface area contributed by atoms with Crippen LogP contribution in [0.4, 0.5) is 0 Å². The number of benzene rings is 2. The fourth-order valence-corrected chi connectivity index (χ4v) is 3.30. The summed E-state index contributed by atoms with van der Waals surface area (Å²) in [4.78, 5) is 24.8. The summed E-state index contributed by atoms with van der Waals surface area (Å²) in [5, 5.41) is 2.75. The van der Waals surface area contributed by atoms with Crippen molar-refractivity contribution in [3.8, 4) is 5.75 Å². The van der Waals surface area contributed by atoms with Gasteiger partial charge in [-0.25, -0.2) is 4.79 Å². The molecule has 1 N–H and O–H groups in total. The maximum atomic E-state index is 12.7. The lowest BCUT2D eigenvalue weighted by atomic mass is 9.82. The van der Waals surface area contributed by atoms with Gasteiger partial charge in [0.25, 0.3) is 0 Å². The van der Waals surface area contributed by atoms with E-state index >= 15 is 0 Å². The number of para-hydroxylation sites is 1. The quantitative estimate of drug-likeness (QED) is 0.629. The number of rotatable bonds is 6. The van der Waals surface area contributed by atoms with E-state index < -0.39 is 5.97 Å². The summed E-state index contributed by atoms with van der Waals surface area (Å²) in [5.74, 6) is -0.0868. The first-order valence-electron chi connectivity index (χ1n) is 8.97. The van der Waals surface area contributed by atoms with Crippen LogP contribution in [0.1, 0.15) is 30.4 Å². The third-order valence-electron chi connectivity index (χ3n) is 4.58. The van der Waals surface area contributed by atoms with Gasteiger partial charge in [-0.05, 0) is 37.1 Å². The summed E-state index contributed by atoms with van der Waals surface area (Å²) in [6.07, 6.45) is 0.229. The zero-order valence-electron chi connectivity index (χ0n) is 15.5. The minimum Gasteiger partial charge on any atom is -0.490 e. The number of carbonyl (C=O) groups excluding carboxylic acids is 2. The highest BCUT2D eigenvalue weighted by atomic mass is 16.6. The van der Waals surface area contributed by atoms with E-state index in [9.17, 15) is 9.59 Å². The third-order valence-corrected chi connectivity index (χ3v) is 4.58. The standard InChI is InChI=1S/C22H23NO4/c1-15-8-6-7-11-18(15)19-14-20(24)23-16(2)21(19)22(25)27-13-12-26-17-9-4-3-5-10-17/h3-11,19H,12-14H2,1-2H3,(H,23,24)/t19-/m1/s1. The van der Waals surface area contributed by atoms with E-state index in [4.69, 9.17) is 9.47 Å². The van der Waals surface area contributed by atoms with Crippen molar-refractivity contribution in [2.75, 3.05) is 13.2 Å². The molecule has 0 saturated carbocycles. The fourth-order valence-electron chi connectivity index (χ4n) is 3.30. The van der Waals surface area contributed by atoms with Crippen molar-refractivity contribution in [1.82, 2.24) is 5.32 Å². The van der Waals surface area contributed by atoms with E-state index in [-0.39, 0.29) is 31.5 Å². The second kappa shape index (κ2) is 8.54. The zero-order valence-corrected chi connectivity index (χ0v) is 15.5. The van der Waals surface area contributed by atoms with Crippen molar-refractivity contribution in [2.24, 2.45) is 0 Å². The molecule has 1 aliphatic rings. The highest BCUT2D eigenvalue weighted by Crippen LogP contribution is 2.35. The molecule has 0 radical (unpaired) electrons. The molecule has 1 amide bonds. The summed E-state index contributed by atoms with van der Waals surface area (Å²) < 4.78 is 11.0. The van der Waals surface area contributed by atoms with Gasteiger partial charge in [-0.1, -0.05) is 42.5 Å². The molecule has 0 unspecified atom stereocenters. The van der Waals surface area contributed by atoms with Crippen molar-refractivity contribution < 1.29 is 19.1 Å². The summed E-state index contributed by atoms with van der Waals surface area (Å²) in [6.45, 7) is 4.12. The first-order chi connectivity index (χ1) is 13.1. The predicted octanol–water partition coefficient (Wildman–Crippen LogP) is 3.49. The van der Waals surface area contributed by atoms with Gasteiger partial charge in [0.15, 0.2) is 0 Å². The lowest BCUT2D eigenvalue weighted by Gasteiger charge is -2.27. The topological polar surface area (TPSA) is 64.6 Å². The van der Waals surface area contributed by atoms with Gasteiger partial charge < -0.3 is 14.8 Å². The van der Waals surface area contributed by atoms with Gasteiger partial charge in [-0.3, -0.25) is 4.79 Å². The molecule has 1 atom stereocenters. The van der Waals surface area contributed by atoms with E-state index in [2.05, 4.69) is 5.32 Å². The molecule has 5 heteroatoms. The third kappa shape index (κ3) is 4.56. The molecule has 0 aliphatic carbocycles. The highest BCUT2D eigenvalue weighted by Gasteiger charge is 2.33. The maximum absolute atomic E-state index is 12.7. The summed E-state index contributed by atoms with van der Waals surface area (Å²) in [5.41, 5.74) is 3.07. The Morgan fingerprint density at radius 2 is 1.74 bits per heavy atom. The van der Waals surface area contributed by atoms with Crippen LogP contribution in [0, 0.1) is 6.92 Å². The number of esters is 1. The zero-order chi connectivity index (χ0) is 19.2. The normalized spacial score (nSPS) is 16.7. The number of aryl methyl sites for hydroxylation is 1. The number of hydrogen-bond acceptors (Lipinski definition) is 4. The Hall–Kier alpha value is -3.08. The van der Waals surface area contributed by atoms with Crippen LogP contribution >= 0.6 is 0 Å². The van der Waals surface area contributed by atoms with E-state index in [1.807, 2.05) is 61.5 Å². The Morgan fingerprint density at radius 3 is 2.48 bits per heavy atom. The van der Waals surface area contributed by atoms with Gasteiger partial charge in [-0.15, -0.1) is 0 Å². The molecule has 0 fully saturated rings. The maximum Gasteiger partial charge on any atom is 0.336 e. The molecule has 0 bridgehead atoms. The highest BCUT2D eigenvalue weighted by molar-refractivity contribution is 5.95. The van der Waals surface area contributed by atoms with Crippen LogP contribution in [-0.2, 0) is 14.3 Å². The second-order valence-corrected chi connectivity index (χ2v) is 6.50. The average molecular weight is 365 g/mol. The van der Waals surface area contributed by atoms with Gasteiger partial charge in [0.05, 0.1) is 5.57 Å². The van der Waals surface area contributed by atoms with E-state index in [0.717, 1.165) is 16.9 Å². The van der Waals surface area contributed by atoms with Crippen molar-refractivity contribution in [3.63, 3.8) is 0 Å². The molecule has 27 heavy (non-hydrogen) atoms. The Bertz CT molecular complexity index is 858. The molecule has 0 aromatic heterocycles. The van der Waals surface area contributed by atoms with Crippen LogP contribution in [0.25, 0.3) is 0 Å². The minimum atomic E-state index is -0.419. The van der Waals surface area contributed by atoms with E-state index in [0.29, 0.717) is 11.3 Å². The Labute approximate surface area is 159 Å². The predicted molar refractivity (Wildman–Crippen MR) is 102 cm³/mol. The van der Waals surface area contributed by atoms with Crippen molar-refractivity contribution in [1.29, 1.82) is 0 Å². The Kier molecular flexibility index (Phi) is 5.91. The first-order valence-corrected chi connectivity index (χ1v) is 8.97. The average Bonchev–Trinajstić information content (AvgIpc) is 2.65. The molecular weight excluding hydrogens is 342 g/mol. The molecule has 0 spiro atoms. The second-order valence-electron chi connectivity index (χ2n) is 6.50. The molecule has 5 nitrogen and oxygen atoms in total. The molecule has 1 heterocycles. The number of ether oxygens (including phenoxy) is 2. The van der Waals surface area contributed by atoms with E-state index in [1.165, 1.54) is 0 Å². The van der Waals surface area contributed by atoms with Crippen LogP contribution in [0.5, 0.6) is 5.75 Å². The summed E-state index contributed by atoms with van der Waals surface area (Å²) >= 11 is 0. The van der Waals surface area contributed by atoms with Crippen LogP contribution in [0.15, 0.2) is 65.9 Å². The summed E-state index contributed by atoms with van der Waals surface area (Å²) in [6, 6.07) is 17.2. The van der Waals surface area contributed by atoms with Gasteiger partial charge in [0, 0.05) is 18.0 Å². The summed E-state index contributed by atoms with van der Waals surface area (Å²) in [7, 11) is 0. The van der Waals surface area contributed by atoms with Crippen molar-refractivity contribution in [3.05, 3.63) is 77.0 Å². The van der Waals surface area contributed by atoms with Crippen molar-refractivity contribution >= 4 is 11.9 Å². The fraction of sp³-hybridized carbons (Fsp3) is 0.273. The molecule has 3 rings (SSSR count). The number of carbonyl (C=O) groups is 2. The molecule has 140 valence electrons. The van der Waals surface area contributed by atoms with Crippen LogP contribution in [-0.4, -0.2) is 25.1 Å². The van der Waals surface area contributed by atoms with Gasteiger partial charge in [-0.2, -0.15) is 0 Å². The lowest BCUT2D eigenvalue weighted by molar-refractivity contribution is -0.140. The number of hydrogen-bond donors (Lipinski definition) is 1. The van der Waals surface area contributed by atoms with Gasteiger partial charge in [0.2, 0.25) is 5.91 Å².